The minimum absolute atomic E-state index is 0.110. The lowest BCUT2D eigenvalue weighted by Crippen LogP contribution is -2.15. The predicted octanol–water partition coefficient (Wildman–Crippen LogP) is 4.35. The van der Waals surface area contributed by atoms with Crippen molar-refractivity contribution in [1.82, 2.24) is 4.57 Å². The summed E-state index contributed by atoms with van der Waals surface area (Å²) in [5.41, 5.74) is 8.78. The topological polar surface area (TPSA) is 30.9 Å². The molecular formula is C19H22N2. The molecule has 21 heavy (non-hydrogen) atoms. The van der Waals surface area contributed by atoms with Gasteiger partial charge in [0.05, 0.1) is 0 Å². The molecule has 0 spiro atoms. The molecule has 1 unspecified atom stereocenters. The van der Waals surface area contributed by atoms with Crippen molar-refractivity contribution < 1.29 is 0 Å². The lowest BCUT2D eigenvalue weighted by Gasteiger charge is -2.13. The van der Waals surface area contributed by atoms with Gasteiger partial charge in [-0.2, -0.15) is 0 Å². The molecule has 108 valence electrons. The largest absolute Gasteiger partial charge is 0.350 e. The number of nitrogens with zero attached hydrogens (tertiary/aromatic N) is 1. The highest BCUT2D eigenvalue weighted by Crippen LogP contribution is 2.22. The van der Waals surface area contributed by atoms with E-state index >= 15 is 0 Å². The van der Waals surface area contributed by atoms with E-state index in [4.69, 9.17) is 5.73 Å². The molecule has 3 aromatic rings. The van der Waals surface area contributed by atoms with Gasteiger partial charge in [0.1, 0.15) is 0 Å². The molecule has 2 heteroatoms. The highest BCUT2D eigenvalue weighted by Gasteiger charge is 2.11. The first-order chi connectivity index (χ1) is 10.1. The summed E-state index contributed by atoms with van der Waals surface area (Å²) in [6, 6.07) is 17.3. The Morgan fingerprint density at radius 2 is 1.76 bits per heavy atom. The number of benzene rings is 2. The first-order valence-electron chi connectivity index (χ1n) is 7.53. The van der Waals surface area contributed by atoms with Crippen LogP contribution in [-0.2, 0) is 6.54 Å². The van der Waals surface area contributed by atoms with Gasteiger partial charge in [-0.3, -0.25) is 0 Å². The highest BCUT2D eigenvalue weighted by atomic mass is 14.9. The normalized spacial score (nSPS) is 13.0. The SMILES string of the molecule is CC(C)C(N)c1ccn(Cc2cccc3ccccc23)c1. The number of fused-ring (bicyclic) bond motifs is 1. The highest BCUT2D eigenvalue weighted by molar-refractivity contribution is 5.85. The van der Waals surface area contributed by atoms with E-state index in [1.54, 1.807) is 0 Å². The van der Waals surface area contributed by atoms with Crippen LogP contribution in [0.15, 0.2) is 60.9 Å². The summed E-state index contributed by atoms with van der Waals surface area (Å²) < 4.78 is 2.22. The maximum atomic E-state index is 6.22. The van der Waals surface area contributed by atoms with Gasteiger partial charge in [-0.25, -0.2) is 0 Å². The molecule has 0 radical (unpaired) electrons. The van der Waals surface area contributed by atoms with Crippen molar-refractivity contribution in [3.05, 3.63) is 72.1 Å². The van der Waals surface area contributed by atoms with Crippen LogP contribution in [0.3, 0.4) is 0 Å². The van der Waals surface area contributed by atoms with E-state index in [0.29, 0.717) is 5.92 Å². The molecule has 0 aliphatic rings. The van der Waals surface area contributed by atoms with Gasteiger partial charge in [0.15, 0.2) is 0 Å². The van der Waals surface area contributed by atoms with Crippen molar-refractivity contribution in [3.63, 3.8) is 0 Å². The quantitative estimate of drug-likeness (QED) is 0.756. The molecule has 0 aliphatic heterocycles. The molecule has 2 nitrogen and oxygen atoms in total. The second-order valence-electron chi connectivity index (χ2n) is 6.03. The van der Waals surface area contributed by atoms with Crippen LogP contribution in [0.2, 0.25) is 0 Å². The minimum Gasteiger partial charge on any atom is -0.350 e. The standard InChI is InChI=1S/C19H22N2/c1-14(2)19(20)17-10-11-21(13-17)12-16-8-5-7-15-6-3-4-9-18(15)16/h3-11,13-14,19H,12,20H2,1-2H3. The molecule has 0 aliphatic carbocycles. The summed E-state index contributed by atoms with van der Waals surface area (Å²) in [6.45, 7) is 5.20. The Balaban J connectivity index is 1.89. The van der Waals surface area contributed by atoms with Gasteiger partial charge in [0.2, 0.25) is 0 Å². The van der Waals surface area contributed by atoms with Crippen molar-refractivity contribution in [3.8, 4) is 0 Å². The molecule has 2 aromatic carbocycles. The lowest BCUT2D eigenvalue weighted by atomic mass is 10.00. The van der Waals surface area contributed by atoms with Crippen LogP contribution >= 0.6 is 0 Å². The lowest BCUT2D eigenvalue weighted by molar-refractivity contribution is 0.513. The third-order valence-electron chi connectivity index (χ3n) is 4.11. The molecule has 3 rings (SSSR count). The third kappa shape index (κ3) is 2.86. The second kappa shape index (κ2) is 5.74. The zero-order valence-electron chi connectivity index (χ0n) is 12.7. The number of nitrogens with two attached hydrogens (primary N) is 1. The maximum absolute atomic E-state index is 6.22. The van der Waals surface area contributed by atoms with Crippen molar-refractivity contribution in [2.24, 2.45) is 11.7 Å². The minimum atomic E-state index is 0.110. The fraction of sp³-hybridized carbons (Fsp3) is 0.263. The molecular weight excluding hydrogens is 256 g/mol. The summed E-state index contributed by atoms with van der Waals surface area (Å²) in [7, 11) is 0. The van der Waals surface area contributed by atoms with Gasteiger partial charge >= 0.3 is 0 Å². The van der Waals surface area contributed by atoms with Crippen LogP contribution in [0.1, 0.15) is 31.0 Å². The maximum Gasteiger partial charge on any atom is 0.0476 e. The monoisotopic (exact) mass is 278 g/mol. The zero-order chi connectivity index (χ0) is 14.8. The van der Waals surface area contributed by atoms with Crippen LogP contribution in [0, 0.1) is 5.92 Å². The molecule has 0 amide bonds. The van der Waals surface area contributed by atoms with E-state index in [-0.39, 0.29) is 6.04 Å². The zero-order valence-corrected chi connectivity index (χ0v) is 12.7. The van der Waals surface area contributed by atoms with E-state index in [9.17, 15) is 0 Å². The molecule has 0 fully saturated rings. The predicted molar refractivity (Wildman–Crippen MR) is 89.2 cm³/mol. The molecule has 0 saturated carbocycles. The molecule has 1 atom stereocenters. The van der Waals surface area contributed by atoms with E-state index in [2.05, 4.69) is 79.3 Å². The van der Waals surface area contributed by atoms with Crippen LogP contribution < -0.4 is 5.73 Å². The Morgan fingerprint density at radius 1 is 1.00 bits per heavy atom. The van der Waals surface area contributed by atoms with Gasteiger partial charge in [-0.05, 0) is 33.9 Å². The number of rotatable bonds is 4. The van der Waals surface area contributed by atoms with Crippen molar-refractivity contribution in [2.75, 3.05) is 0 Å². The van der Waals surface area contributed by atoms with Crippen molar-refractivity contribution in [1.29, 1.82) is 0 Å². The van der Waals surface area contributed by atoms with Crippen LogP contribution in [0.5, 0.6) is 0 Å². The average Bonchev–Trinajstić information content (AvgIpc) is 2.95. The van der Waals surface area contributed by atoms with Gasteiger partial charge in [0.25, 0.3) is 0 Å². The first kappa shape index (κ1) is 13.9. The Bertz CT molecular complexity index is 735. The Morgan fingerprint density at radius 3 is 2.57 bits per heavy atom. The summed E-state index contributed by atoms with van der Waals surface area (Å²) >= 11 is 0. The van der Waals surface area contributed by atoms with Gasteiger partial charge in [-0.15, -0.1) is 0 Å². The van der Waals surface area contributed by atoms with Gasteiger partial charge in [-0.1, -0.05) is 56.3 Å². The summed E-state index contributed by atoms with van der Waals surface area (Å²) in [6.07, 6.45) is 4.30. The van der Waals surface area contributed by atoms with Crippen molar-refractivity contribution in [2.45, 2.75) is 26.4 Å². The molecule has 0 bridgehead atoms. The number of hydrogen-bond donors (Lipinski definition) is 1. The Hall–Kier alpha value is -2.06. The summed E-state index contributed by atoms with van der Waals surface area (Å²) in [5.74, 6) is 0.457. The molecule has 1 heterocycles. The smallest absolute Gasteiger partial charge is 0.0476 e. The van der Waals surface area contributed by atoms with E-state index < -0.39 is 0 Å². The molecule has 0 saturated heterocycles. The average molecular weight is 278 g/mol. The number of hydrogen-bond acceptors (Lipinski definition) is 1. The number of aromatic nitrogens is 1. The fourth-order valence-corrected chi connectivity index (χ4v) is 2.77. The van der Waals surface area contributed by atoms with Gasteiger partial charge in [0, 0.05) is 25.0 Å². The molecule has 2 N–H and O–H groups in total. The Labute approximate surface area is 126 Å². The van der Waals surface area contributed by atoms with E-state index in [1.165, 1.54) is 21.9 Å². The summed E-state index contributed by atoms with van der Waals surface area (Å²) in [5, 5.41) is 2.62. The second-order valence-corrected chi connectivity index (χ2v) is 6.03. The van der Waals surface area contributed by atoms with E-state index in [1.807, 2.05) is 0 Å². The van der Waals surface area contributed by atoms with Crippen molar-refractivity contribution >= 4 is 10.8 Å². The van der Waals surface area contributed by atoms with Crippen LogP contribution in [0.4, 0.5) is 0 Å². The van der Waals surface area contributed by atoms with Gasteiger partial charge < -0.3 is 10.3 Å². The fourth-order valence-electron chi connectivity index (χ4n) is 2.77. The van der Waals surface area contributed by atoms with E-state index in [0.717, 1.165) is 6.54 Å². The van der Waals surface area contributed by atoms with Crippen LogP contribution in [0.25, 0.3) is 10.8 Å². The first-order valence-corrected chi connectivity index (χ1v) is 7.53. The third-order valence-corrected chi connectivity index (χ3v) is 4.11. The van der Waals surface area contributed by atoms with Crippen LogP contribution in [-0.4, -0.2) is 4.57 Å². The Kier molecular flexibility index (Phi) is 3.80. The molecule has 1 aromatic heterocycles. The summed E-state index contributed by atoms with van der Waals surface area (Å²) in [4.78, 5) is 0.